The molecule has 22 nitrogen and oxygen atoms in total. The topological polar surface area (TPSA) is 241 Å². The number of carboxylic acid groups (broad SMARTS) is 1. The van der Waals surface area contributed by atoms with Gasteiger partial charge in [0.1, 0.15) is 52.3 Å². The normalized spacial score (nSPS) is 17.4. The summed E-state index contributed by atoms with van der Waals surface area (Å²) in [7, 11) is 0. The first kappa shape index (κ1) is 73.8. The number of hydrogen-bond donors (Lipinski definition) is 1. The summed E-state index contributed by atoms with van der Waals surface area (Å²) in [4.78, 5) is 113. The van der Waals surface area contributed by atoms with Crippen LogP contribution in [0.1, 0.15) is 156 Å². The van der Waals surface area contributed by atoms with Gasteiger partial charge in [-0.15, -0.1) is 0 Å². The van der Waals surface area contributed by atoms with Gasteiger partial charge in [0.15, 0.2) is 0 Å². The van der Waals surface area contributed by atoms with Crippen LogP contribution < -0.4 is 0 Å². The van der Waals surface area contributed by atoms with Gasteiger partial charge in [0.25, 0.3) is 0 Å². The van der Waals surface area contributed by atoms with Crippen molar-refractivity contribution < 1.29 is 76.6 Å². The molecule has 2 heterocycles. The van der Waals surface area contributed by atoms with Gasteiger partial charge in [-0.25, -0.2) is 0 Å². The summed E-state index contributed by atoms with van der Waals surface area (Å²) in [5.74, 6) is -3.76. The fraction of sp³-hybridized carbons (Fsp3) is 0.770. The van der Waals surface area contributed by atoms with Crippen LogP contribution in [-0.2, 0) is 78.1 Å². The monoisotopic (exact) mass is 1180 g/mol. The standard InChI is InChI=1S/C34H55N3O8.C27H49N3O8/c1-32(2,3)43-29(39)23-35-17-18-36(24-30(40)44-33(4,5)6)20-22-37(21-19-35)27(31(41)45-34(7,8)9)15-16-28(38)42-25-26-13-11-10-12-14-26;1-25(2,3)36-22(33)18-28-12-13-29(19-23(34)37-26(4,5)6)15-17-30(16-14-28)20(10-11-21(31)32)24(35)38-27(7,8)9/h10-14,27H,15-25H2,1-9H3;20H,10-19H2,1-9H3,(H,31,32)/t27-;20-/m11/s1. The van der Waals surface area contributed by atoms with E-state index in [2.05, 4.69) is 0 Å². The number of aliphatic carboxylic acids is 1. The SMILES string of the molecule is CC(C)(C)OC(=O)CN1CCN(CC(=O)OC(C)(C)C)CCN([C@H](CCC(=O)O)C(=O)OC(C)(C)C)CC1.CC(C)(C)OC(=O)CN1CCN(CC(=O)OC(C)(C)C)CCN([C@H](CCC(=O)OCc2ccccc2)C(=O)OC(C)(C)C)CC1. The minimum atomic E-state index is -0.999. The smallest absolute Gasteiger partial charge is 0.323 e. The average molecular weight is 1180 g/mol. The highest BCUT2D eigenvalue weighted by atomic mass is 16.6. The van der Waals surface area contributed by atoms with Gasteiger partial charge in [0.2, 0.25) is 0 Å². The quantitative estimate of drug-likeness (QED) is 0.116. The molecule has 0 aliphatic carbocycles. The van der Waals surface area contributed by atoms with Crippen molar-refractivity contribution in [2.75, 3.05) is 105 Å². The van der Waals surface area contributed by atoms with Crippen molar-refractivity contribution in [1.82, 2.24) is 29.4 Å². The molecule has 0 saturated carbocycles. The zero-order valence-corrected chi connectivity index (χ0v) is 53.6. The van der Waals surface area contributed by atoms with Gasteiger partial charge in [0.05, 0.1) is 26.2 Å². The average Bonchev–Trinajstić information content (AvgIpc) is 3.56. The molecule has 1 aromatic carbocycles. The highest BCUT2D eigenvalue weighted by molar-refractivity contribution is 5.79. The zero-order valence-electron chi connectivity index (χ0n) is 53.6. The lowest BCUT2D eigenvalue weighted by atomic mass is 10.1. The van der Waals surface area contributed by atoms with E-state index < -0.39 is 69.6 Å². The number of esters is 7. The minimum absolute atomic E-state index is 0.0243. The molecule has 1 N–H and O–H groups in total. The number of benzene rings is 1. The molecule has 0 spiro atoms. The van der Waals surface area contributed by atoms with Crippen molar-refractivity contribution in [1.29, 1.82) is 0 Å². The summed E-state index contributed by atoms with van der Waals surface area (Å²) >= 11 is 0. The predicted octanol–water partition coefficient (Wildman–Crippen LogP) is 5.99. The fourth-order valence-electron chi connectivity index (χ4n) is 8.76. The van der Waals surface area contributed by atoms with E-state index in [0.717, 1.165) is 5.56 Å². The van der Waals surface area contributed by atoms with Crippen LogP contribution in [0.25, 0.3) is 0 Å². The van der Waals surface area contributed by atoms with Crippen LogP contribution in [0, 0.1) is 0 Å². The first-order valence-corrected chi connectivity index (χ1v) is 29.2. The van der Waals surface area contributed by atoms with E-state index in [9.17, 15) is 43.5 Å². The molecule has 2 atom stereocenters. The Bertz CT molecular complexity index is 2140. The number of ether oxygens (including phenoxy) is 7. The highest BCUT2D eigenvalue weighted by Crippen LogP contribution is 2.21. The molecule has 1 aromatic rings. The third-order valence-electron chi connectivity index (χ3n) is 12.1. The van der Waals surface area contributed by atoms with Crippen molar-refractivity contribution in [3.05, 3.63) is 35.9 Å². The molecule has 474 valence electrons. The van der Waals surface area contributed by atoms with Crippen molar-refractivity contribution in [3.63, 3.8) is 0 Å². The van der Waals surface area contributed by atoms with Crippen LogP contribution >= 0.6 is 0 Å². The highest BCUT2D eigenvalue weighted by Gasteiger charge is 2.36. The Morgan fingerprint density at radius 1 is 0.386 bits per heavy atom. The van der Waals surface area contributed by atoms with Crippen LogP contribution in [-0.4, -0.2) is 233 Å². The van der Waals surface area contributed by atoms with E-state index in [4.69, 9.17) is 33.2 Å². The molecule has 0 radical (unpaired) electrons. The van der Waals surface area contributed by atoms with Gasteiger partial charge in [-0.3, -0.25) is 67.8 Å². The number of hydrogen-bond acceptors (Lipinski definition) is 21. The van der Waals surface area contributed by atoms with Crippen molar-refractivity contribution in [2.45, 2.75) is 203 Å². The summed E-state index contributed by atoms with van der Waals surface area (Å²) in [5, 5.41) is 9.30. The zero-order chi connectivity index (χ0) is 63.1. The number of carboxylic acids is 1. The molecular weight excluding hydrogens is 1070 g/mol. The Morgan fingerprint density at radius 3 is 0.916 bits per heavy atom. The number of carbonyl (C=O) groups excluding carboxylic acids is 7. The first-order valence-electron chi connectivity index (χ1n) is 29.2. The molecular formula is C61H104N6O16. The molecule has 2 saturated heterocycles. The lowest BCUT2D eigenvalue weighted by molar-refractivity contribution is -0.164. The van der Waals surface area contributed by atoms with Gasteiger partial charge >= 0.3 is 47.8 Å². The summed E-state index contributed by atoms with van der Waals surface area (Å²) in [6.45, 7) is 38.4. The van der Waals surface area contributed by atoms with Gasteiger partial charge in [-0.2, -0.15) is 0 Å². The maximum Gasteiger partial charge on any atom is 0.323 e. The Morgan fingerprint density at radius 2 is 0.651 bits per heavy atom. The molecule has 0 bridgehead atoms. The van der Waals surface area contributed by atoms with Crippen LogP contribution in [0.15, 0.2) is 30.3 Å². The molecule has 2 aliphatic heterocycles. The summed E-state index contributed by atoms with van der Waals surface area (Å²) in [5.41, 5.74) is -3.07. The van der Waals surface area contributed by atoms with E-state index in [1.165, 1.54) is 0 Å². The Hall–Kier alpha value is -5.26. The number of carbonyl (C=O) groups is 8. The van der Waals surface area contributed by atoms with Crippen molar-refractivity contribution in [3.8, 4) is 0 Å². The second-order valence-corrected chi connectivity index (χ2v) is 27.2. The molecule has 3 rings (SSSR count). The Balaban J connectivity index is 0.000000575. The maximum atomic E-state index is 13.6. The Kier molecular flexibility index (Phi) is 29.7. The van der Waals surface area contributed by atoms with E-state index in [0.29, 0.717) is 78.5 Å². The number of nitrogens with zero attached hydrogens (tertiary/aromatic N) is 6. The van der Waals surface area contributed by atoms with Crippen LogP contribution in [0.3, 0.4) is 0 Å². The van der Waals surface area contributed by atoms with Crippen molar-refractivity contribution >= 4 is 47.8 Å². The summed E-state index contributed by atoms with van der Waals surface area (Å²) < 4.78 is 39.1. The van der Waals surface area contributed by atoms with Gasteiger partial charge in [-0.1, -0.05) is 30.3 Å². The van der Waals surface area contributed by atoms with E-state index in [1.807, 2.05) is 143 Å². The fourth-order valence-corrected chi connectivity index (χ4v) is 8.76. The Labute approximate surface area is 495 Å². The van der Waals surface area contributed by atoms with Crippen LogP contribution in [0.5, 0.6) is 0 Å². The van der Waals surface area contributed by atoms with Crippen LogP contribution in [0.4, 0.5) is 0 Å². The third kappa shape index (κ3) is 35.6. The largest absolute Gasteiger partial charge is 0.481 e. The molecule has 0 unspecified atom stereocenters. The molecule has 2 fully saturated rings. The van der Waals surface area contributed by atoms with E-state index in [1.54, 1.807) is 41.5 Å². The second-order valence-electron chi connectivity index (χ2n) is 27.2. The molecule has 2 aliphatic rings. The predicted molar refractivity (Wildman–Crippen MR) is 314 cm³/mol. The lowest BCUT2D eigenvalue weighted by Crippen LogP contribution is -2.49. The lowest BCUT2D eigenvalue weighted by Gasteiger charge is -2.33. The summed E-state index contributed by atoms with van der Waals surface area (Å²) in [6, 6.07) is 7.90. The molecule has 0 aromatic heterocycles. The first-order chi connectivity index (χ1) is 38.0. The third-order valence-corrected chi connectivity index (χ3v) is 12.1. The van der Waals surface area contributed by atoms with E-state index >= 15 is 0 Å². The second kappa shape index (κ2) is 33.4. The number of rotatable bonds is 20. The maximum absolute atomic E-state index is 13.6. The van der Waals surface area contributed by atoms with Gasteiger partial charge < -0.3 is 38.3 Å². The van der Waals surface area contributed by atoms with Crippen molar-refractivity contribution in [2.24, 2.45) is 0 Å². The van der Waals surface area contributed by atoms with E-state index in [-0.39, 0.29) is 82.3 Å². The van der Waals surface area contributed by atoms with Crippen LogP contribution in [0.2, 0.25) is 0 Å². The molecule has 22 heteroatoms. The van der Waals surface area contributed by atoms with Gasteiger partial charge in [0, 0.05) is 91.4 Å². The molecule has 83 heavy (non-hydrogen) atoms. The molecule has 0 amide bonds. The van der Waals surface area contributed by atoms with Gasteiger partial charge in [-0.05, 0) is 143 Å². The summed E-state index contributed by atoms with van der Waals surface area (Å²) in [6.07, 6.45) is 0.114. The minimum Gasteiger partial charge on any atom is -0.481 e.